The van der Waals surface area contributed by atoms with Crippen molar-refractivity contribution in [1.82, 2.24) is 0 Å². The van der Waals surface area contributed by atoms with Gasteiger partial charge in [-0.3, -0.25) is 0 Å². The first kappa shape index (κ1) is 15.1. The van der Waals surface area contributed by atoms with Crippen LogP contribution in [0.4, 0.5) is 0 Å². The van der Waals surface area contributed by atoms with Crippen LogP contribution in [0.1, 0.15) is 65.2 Å². The van der Waals surface area contributed by atoms with E-state index < -0.39 is 9.84 Å². The Labute approximate surface area is 118 Å². The summed E-state index contributed by atoms with van der Waals surface area (Å²) in [5, 5.41) is -0.0902. The first-order chi connectivity index (χ1) is 9.03. The Hall–Kier alpha value is -0.310. The number of hydrogen-bond acceptors (Lipinski definition) is 2. The monoisotopic (exact) mass is 284 g/mol. The fourth-order valence-electron chi connectivity index (χ4n) is 3.76. The molecule has 3 unspecified atom stereocenters. The molecule has 2 rings (SSSR count). The molecule has 0 amide bonds. The molecule has 0 saturated heterocycles. The summed E-state index contributed by atoms with van der Waals surface area (Å²) in [5.74, 6) is 0.669. The molecule has 2 nitrogen and oxygen atoms in total. The van der Waals surface area contributed by atoms with Gasteiger partial charge in [-0.05, 0) is 31.6 Å². The van der Waals surface area contributed by atoms with Crippen LogP contribution in [-0.4, -0.2) is 19.4 Å². The van der Waals surface area contributed by atoms with Crippen LogP contribution < -0.4 is 0 Å². The van der Waals surface area contributed by atoms with Gasteiger partial charge in [0.25, 0.3) is 0 Å². The minimum atomic E-state index is -2.93. The van der Waals surface area contributed by atoms with Crippen LogP contribution in [0.2, 0.25) is 0 Å². The fraction of sp³-hybridized carbons (Fsp3) is 0.875. The van der Waals surface area contributed by atoms with Crippen molar-refractivity contribution in [2.75, 3.05) is 5.75 Å². The lowest BCUT2D eigenvalue weighted by atomic mass is 9.80. The molecular weight excluding hydrogens is 256 g/mol. The normalized spacial score (nSPS) is 37.6. The molecule has 3 heteroatoms. The highest BCUT2D eigenvalue weighted by Crippen LogP contribution is 2.41. The van der Waals surface area contributed by atoms with Crippen LogP contribution in [0, 0.1) is 11.3 Å². The second-order valence-electron chi connectivity index (χ2n) is 6.47. The number of unbranched alkanes of at least 4 members (excludes halogenated alkanes) is 1. The van der Waals surface area contributed by atoms with Crippen LogP contribution in [0.5, 0.6) is 0 Å². The minimum absolute atomic E-state index is 0.0902. The SMILES string of the molecule is CCCCC1(CC)C=CC2CCCCC2S(=O)(=O)C1. The van der Waals surface area contributed by atoms with Gasteiger partial charge in [-0.1, -0.05) is 51.7 Å². The second kappa shape index (κ2) is 5.99. The molecule has 1 saturated carbocycles. The highest BCUT2D eigenvalue weighted by atomic mass is 32.2. The fourth-order valence-corrected chi connectivity index (χ4v) is 6.50. The molecule has 2 aliphatic rings. The predicted octanol–water partition coefficient (Wildman–Crippen LogP) is 4.12. The van der Waals surface area contributed by atoms with E-state index in [1.807, 2.05) is 0 Å². The topological polar surface area (TPSA) is 34.1 Å². The number of allylic oxidation sites excluding steroid dienone is 2. The summed E-state index contributed by atoms with van der Waals surface area (Å²) in [6, 6.07) is 0. The third-order valence-electron chi connectivity index (χ3n) is 5.13. The summed E-state index contributed by atoms with van der Waals surface area (Å²) in [6.45, 7) is 4.32. The maximum absolute atomic E-state index is 12.7. The zero-order valence-corrected chi connectivity index (χ0v) is 13.2. The number of hydrogen-bond donors (Lipinski definition) is 0. The van der Waals surface area contributed by atoms with E-state index in [1.165, 1.54) is 6.42 Å². The summed E-state index contributed by atoms with van der Waals surface area (Å²) in [4.78, 5) is 0. The molecule has 0 aromatic rings. The van der Waals surface area contributed by atoms with Gasteiger partial charge >= 0.3 is 0 Å². The van der Waals surface area contributed by atoms with Gasteiger partial charge in [0.2, 0.25) is 0 Å². The molecule has 1 heterocycles. The highest BCUT2D eigenvalue weighted by molar-refractivity contribution is 7.92. The van der Waals surface area contributed by atoms with Gasteiger partial charge in [-0.15, -0.1) is 0 Å². The lowest BCUT2D eigenvalue weighted by Crippen LogP contribution is -2.36. The number of rotatable bonds is 4. The third-order valence-corrected chi connectivity index (χ3v) is 7.62. The first-order valence-electron chi connectivity index (χ1n) is 7.94. The molecule has 1 aliphatic carbocycles. The van der Waals surface area contributed by atoms with Gasteiger partial charge in [0.05, 0.1) is 11.0 Å². The summed E-state index contributed by atoms with van der Waals surface area (Å²) in [6.07, 6.45) is 13.0. The molecule has 19 heavy (non-hydrogen) atoms. The Balaban J connectivity index is 2.29. The summed E-state index contributed by atoms with van der Waals surface area (Å²) >= 11 is 0. The Morgan fingerprint density at radius 2 is 1.95 bits per heavy atom. The third kappa shape index (κ3) is 3.24. The second-order valence-corrected chi connectivity index (χ2v) is 8.69. The predicted molar refractivity (Wildman–Crippen MR) is 80.9 cm³/mol. The molecule has 0 radical (unpaired) electrons. The average molecular weight is 284 g/mol. The van der Waals surface area contributed by atoms with Crippen molar-refractivity contribution in [1.29, 1.82) is 0 Å². The summed E-state index contributed by atoms with van der Waals surface area (Å²) < 4.78 is 25.5. The van der Waals surface area contributed by atoms with Crippen molar-refractivity contribution >= 4 is 9.84 Å². The van der Waals surface area contributed by atoms with Crippen molar-refractivity contribution in [2.45, 2.75) is 70.5 Å². The van der Waals surface area contributed by atoms with Gasteiger partial charge < -0.3 is 0 Å². The molecule has 3 atom stereocenters. The first-order valence-corrected chi connectivity index (χ1v) is 9.65. The zero-order chi connectivity index (χ0) is 13.9. The summed E-state index contributed by atoms with van der Waals surface area (Å²) in [5.41, 5.74) is -0.0911. The Morgan fingerprint density at radius 1 is 1.21 bits per heavy atom. The van der Waals surface area contributed by atoms with Gasteiger partial charge in [0.1, 0.15) is 0 Å². The van der Waals surface area contributed by atoms with Crippen LogP contribution in [-0.2, 0) is 9.84 Å². The van der Waals surface area contributed by atoms with Gasteiger partial charge in [0, 0.05) is 5.41 Å². The maximum atomic E-state index is 12.7. The maximum Gasteiger partial charge on any atom is 0.154 e. The number of sulfone groups is 1. The Bertz CT molecular complexity index is 424. The zero-order valence-electron chi connectivity index (χ0n) is 12.4. The van der Waals surface area contributed by atoms with Crippen LogP contribution >= 0.6 is 0 Å². The smallest absolute Gasteiger partial charge is 0.154 e. The van der Waals surface area contributed by atoms with Crippen LogP contribution in [0.15, 0.2) is 12.2 Å². The van der Waals surface area contributed by atoms with E-state index in [2.05, 4.69) is 26.0 Å². The van der Waals surface area contributed by atoms with E-state index in [1.54, 1.807) is 0 Å². The van der Waals surface area contributed by atoms with Crippen molar-refractivity contribution < 1.29 is 8.42 Å². The Morgan fingerprint density at radius 3 is 2.63 bits per heavy atom. The van der Waals surface area contributed by atoms with Crippen molar-refractivity contribution in [3.8, 4) is 0 Å². The van der Waals surface area contributed by atoms with E-state index in [0.717, 1.165) is 44.9 Å². The molecular formula is C16H28O2S. The molecule has 1 aliphatic heterocycles. The molecule has 1 fully saturated rings. The van der Waals surface area contributed by atoms with E-state index >= 15 is 0 Å². The molecule has 0 bridgehead atoms. The molecule has 0 N–H and O–H groups in total. The van der Waals surface area contributed by atoms with Crippen LogP contribution in [0.25, 0.3) is 0 Å². The number of fused-ring (bicyclic) bond motifs is 1. The van der Waals surface area contributed by atoms with Gasteiger partial charge in [-0.25, -0.2) is 8.42 Å². The lowest BCUT2D eigenvalue weighted by molar-refractivity contribution is 0.364. The quantitative estimate of drug-likeness (QED) is 0.728. The minimum Gasteiger partial charge on any atom is -0.228 e. The molecule has 110 valence electrons. The Kier molecular flexibility index (Phi) is 4.75. The molecule has 0 aromatic carbocycles. The van der Waals surface area contributed by atoms with E-state index in [0.29, 0.717) is 5.75 Å². The average Bonchev–Trinajstić information content (AvgIpc) is 2.52. The standard InChI is InChI=1S/C16H28O2S/c1-3-5-11-16(4-2)12-10-14-8-6-7-9-15(14)19(17,18)13-16/h10,12,14-15H,3-9,11,13H2,1-2H3. The highest BCUT2D eigenvalue weighted by Gasteiger charge is 2.42. The van der Waals surface area contributed by atoms with E-state index in [-0.39, 0.29) is 16.6 Å². The van der Waals surface area contributed by atoms with Gasteiger partial charge in [0.15, 0.2) is 9.84 Å². The van der Waals surface area contributed by atoms with Crippen LogP contribution in [0.3, 0.4) is 0 Å². The van der Waals surface area contributed by atoms with Gasteiger partial charge in [-0.2, -0.15) is 0 Å². The lowest BCUT2D eigenvalue weighted by Gasteiger charge is -2.31. The van der Waals surface area contributed by atoms with Crippen molar-refractivity contribution in [3.63, 3.8) is 0 Å². The largest absolute Gasteiger partial charge is 0.228 e. The van der Waals surface area contributed by atoms with E-state index in [9.17, 15) is 8.42 Å². The van der Waals surface area contributed by atoms with Crippen molar-refractivity contribution in [2.24, 2.45) is 11.3 Å². The van der Waals surface area contributed by atoms with E-state index in [4.69, 9.17) is 0 Å². The summed E-state index contributed by atoms with van der Waals surface area (Å²) in [7, 11) is -2.93. The van der Waals surface area contributed by atoms with Crippen molar-refractivity contribution in [3.05, 3.63) is 12.2 Å². The molecule has 0 aromatic heterocycles. The molecule has 0 spiro atoms.